The fourth-order valence-electron chi connectivity index (χ4n) is 2.32. The Morgan fingerprint density at radius 3 is 3.24 bits per heavy atom. The Labute approximate surface area is 101 Å². The first-order chi connectivity index (χ1) is 8.35. The molecule has 1 saturated heterocycles. The summed E-state index contributed by atoms with van der Waals surface area (Å²) >= 11 is 0. The van der Waals surface area contributed by atoms with Gasteiger partial charge >= 0.3 is 0 Å². The summed E-state index contributed by atoms with van der Waals surface area (Å²) in [6, 6.07) is 8.35. The summed E-state index contributed by atoms with van der Waals surface area (Å²) in [5, 5.41) is 3.27. The number of aliphatic imine (C=N–C) groups is 1. The van der Waals surface area contributed by atoms with Crippen molar-refractivity contribution in [3.8, 4) is 5.75 Å². The molecule has 90 valence electrons. The van der Waals surface area contributed by atoms with Gasteiger partial charge in [0.2, 0.25) is 0 Å². The third-order valence-corrected chi connectivity index (χ3v) is 3.21. The van der Waals surface area contributed by atoms with Crippen LogP contribution < -0.4 is 10.1 Å². The Morgan fingerprint density at radius 1 is 1.47 bits per heavy atom. The molecule has 2 heterocycles. The van der Waals surface area contributed by atoms with E-state index < -0.39 is 0 Å². The number of methoxy groups -OCH3 is 1. The molecule has 0 aliphatic carbocycles. The van der Waals surface area contributed by atoms with Crippen molar-refractivity contribution >= 4 is 5.90 Å². The first-order valence-corrected chi connectivity index (χ1v) is 5.92. The predicted molar refractivity (Wildman–Crippen MR) is 65.7 cm³/mol. The van der Waals surface area contributed by atoms with E-state index in [0.29, 0.717) is 6.04 Å². The van der Waals surface area contributed by atoms with Crippen molar-refractivity contribution in [3.63, 3.8) is 0 Å². The molecule has 0 spiro atoms. The number of hydrogen-bond donors (Lipinski definition) is 1. The van der Waals surface area contributed by atoms with Gasteiger partial charge < -0.3 is 14.8 Å². The van der Waals surface area contributed by atoms with Gasteiger partial charge in [0.05, 0.1) is 7.11 Å². The minimum absolute atomic E-state index is 0.246. The molecule has 0 amide bonds. The zero-order valence-electron chi connectivity index (χ0n) is 9.85. The number of fused-ring (bicyclic) bond motifs is 1. The molecule has 4 nitrogen and oxygen atoms in total. The van der Waals surface area contributed by atoms with Crippen LogP contribution in [0, 0.1) is 0 Å². The van der Waals surface area contributed by atoms with E-state index in [-0.39, 0.29) is 6.10 Å². The van der Waals surface area contributed by atoms with Crippen LogP contribution in [0.3, 0.4) is 0 Å². The van der Waals surface area contributed by atoms with Gasteiger partial charge in [-0.2, -0.15) is 0 Å². The highest BCUT2D eigenvalue weighted by Crippen LogP contribution is 2.20. The molecule has 1 aromatic carbocycles. The second-order valence-corrected chi connectivity index (χ2v) is 4.43. The van der Waals surface area contributed by atoms with E-state index in [2.05, 4.69) is 16.4 Å². The lowest BCUT2D eigenvalue weighted by Crippen LogP contribution is -2.20. The molecule has 2 atom stereocenters. The Bertz CT molecular complexity index is 445. The fourth-order valence-corrected chi connectivity index (χ4v) is 2.32. The molecule has 2 aliphatic rings. The monoisotopic (exact) mass is 232 g/mol. The average molecular weight is 232 g/mol. The molecule has 0 bridgehead atoms. The zero-order valence-corrected chi connectivity index (χ0v) is 9.85. The third kappa shape index (κ3) is 2.13. The van der Waals surface area contributed by atoms with Crippen LogP contribution in [-0.4, -0.2) is 38.2 Å². The minimum Gasteiger partial charge on any atom is -0.497 e. The van der Waals surface area contributed by atoms with Crippen molar-refractivity contribution in [2.45, 2.75) is 18.6 Å². The summed E-state index contributed by atoms with van der Waals surface area (Å²) in [6.45, 7) is 1.85. The van der Waals surface area contributed by atoms with Crippen molar-refractivity contribution in [3.05, 3.63) is 29.8 Å². The van der Waals surface area contributed by atoms with Gasteiger partial charge in [0.15, 0.2) is 5.90 Å². The van der Waals surface area contributed by atoms with Crippen molar-refractivity contribution < 1.29 is 9.47 Å². The van der Waals surface area contributed by atoms with Crippen LogP contribution in [0.2, 0.25) is 0 Å². The fraction of sp³-hybridized carbons (Fsp3) is 0.462. The van der Waals surface area contributed by atoms with Gasteiger partial charge in [0.25, 0.3) is 0 Å². The van der Waals surface area contributed by atoms with E-state index in [4.69, 9.17) is 9.47 Å². The Kier molecular flexibility index (Phi) is 2.73. The summed E-state index contributed by atoms with van der Waals surface area (Å²) < 4.78 is 11.0. The molecule has 1 fully saturated rings. The van der Waals surface area contributed by atoms with Crippen LogP contribution in [0.5, 0.6) is 5.75 Å². The smallest absolute Gasteiger partial charge is 0.188 e. The molecule has 4 heteroatoms. The van der Waals surface area contributed by atoms with Crippen LogP contribution in [0.25, 0.3) is 0 Å². The van der Waals surface area contributed by atoms with Gasteiger partial charge in [-0.3, -0.25) is 0 Å². The van der Waals surface area contributed by atoms with Crippen LogP contribution >= 0.6 is 0 Å². The molecule has 3 rings (SSSR count). The molecular formula is C13H16N2O2. The molecule has 2 unspecified atom stereocenters. The van der Waals surface area contributed by atoms with Gasteiger partial charge in [0, 0.05) is 19.5 Å². The van der Waals surface area contributed by atoms with Crippen molar-refractivity contribution in [1.29, 1.82) is 0 Å². The summed E-state index contributed by atoms with van der Waals surface area (Å²) in [5.74, 6) is 1.73. The number of rotatable bonds is 3. The van der Waals surface area contributed by atoms with Crippen LogP contribution in [0.4, 0.5) is 0 Å². The average Bonchev–Trinajstić information content (AvgIpc) is 2.90. The first-order valence-electron chi connectivity index (χ1n) is 5.92. The molecule has 0 aromatic heterocycles. The van der Waals surface area contributed by atoms with E-state index in [1.807, 2.05) is 18.2 Å². The summed E-state index contributed by atoms with van der Waals surface area (Å²) in [7, 11) is 1.68. The summed E-state index contributed by atoms with van der Waals surface area (Å²) in [4.78, 5) is 4.59. The van der Waals surface area contributed by atoms with Gasteiger partial charge in [0.1, 0.15) is 17.9 Å². The largest absolute Gasteiger partial charge is 0.497 e. The van der Waals surface area contributed by atoms with Crippen molar-refractivity contribution in [1.82, 2.24) is 5.32 Å². The SMILES string of the molecule is COc1cccc(CC2=NC3CNCC3O2)c1. The second-order valence-electron chi connectivity index (χ2n) is 4.43. The lowest BCUT2D eigenvalue weighted by Gasteiger charge is -2.08. The van der Waals surface area contributed by atoms with E-state index in [0.717, 1.165) is 31.2 Å². The normalized spacial score (nSPS) is 26.3. The maximum absolute atomic E-state index is 5.81. The van der Waals surface area contributed by atoms with E-state index in [9.17, 15) is 0 Å². The highest BCUT2D eigenvalue weighted by molar-refractivity contribution is 5.80. The molecule has 1 aromatic rings. The number of ether oxygens (including phenoxy) is 2. The van der Waals surface area contributed by atoms with Gasteiger partial charge in [-0.15, -0.1) is 0 Å². The van der Waals surface area contributed by atoms with Gasteiger partial charge in [-0.25, -0.2) is 4.99 Å². The Hall–Kier alpha value is -1.55. The number of benzene rings is 1. The number of nitrogens with one attached hydrogen (secondary N) is 1. The lowest BCUT2D eigenvalue weighted by atomic mass is 10.1. The minimum atomic E-state index is 0.246. The molecule has 17 heavy (non-hydrogen) atoms. The summed E-state index contributed by atoms with van der Waals surface area (Å²) in [6.07, 6.45) is 1.00. The Morgan fingerprint density at radius 2 is 2.41 bits per heavy atom. The lowest BCUT2D eigenvalue weighted by molar-refractivity contribution is 0.220. The molecule has 0 saturated carbocycles. The van der Waals surface area contributed by atoms with E-state index in [1.54, 1.807) is 7.11 Å². The molecule has 1 N–H and O–H groups in total. The van der Waals surface area contributed by atoms with Crippen LogP contribution in [0.15, 0.2) is 29.3 Å². The van der Waals surface area contributed by atoms with Crippen LogP contribution in [0.1, 0.15) is 5.56 Å². The highest BCUT2D eigenvalue weighted by atomic mass is 16.5. The van der Waals surface area contributed by atoms with E-state index >= 15 is 0 Å². The topological polar surface area (TPSA) is 42.8 Å². The summed E-state index contributed by atoms with van der Waals surface area (Å²) in [5.41, 5.74) is 1.18. The number of nitrogens with zero attached hydrogens (tertiary/aromatic N) is 1. The molecular weight excluding hydrogens is 216 g/mol. The van der Waals surface area contributed by atoms with Gasteiger partial charge in [-0.05, 0) is 17.7 Å². The quantitative estimate of drug-likeness (QED) is 0.845. The van der Waals surface area contributed by atoms with Crippen molar-refractivity contribution in [2.75, 3.05) is 20.2 Å². The van der Waals surface area contributed by atoms with E-state index in [1.165, 1.54) is 5.56 Å². The van der Waals surface area contributed by atoms with Crippen LogP contribution in [-0.2, 0) is 11.2 Å². The first kappa shape index (κ1) is 10.6. The third-order valence-electron chi connectivity index (χ3n) is 3.21. The van der Waals surface area contributed by atoms with Crippen molar-refractivity contribution in [2.24, 2.45) is 4.99 Å². The molecule has 0 radical (unpaired) electrons. The zero-order chi connectivity index (χ0) is 11.7. The standard InChI is InChI=1S/C13H16N2O2/c1-16-10-4-2-3-9(5-10)6-13-15-11-7-14-8-12(11)17-13/h2-5,11-12,14H,6-8H2,1H3. The maximum Gasteiger partial charge on any atom is 0.188 e. The predicted octanol–water partition coefficient (Wildman–Crippen LogP) is 1.01. The highest BCUT2D eigenvalue weighted by Gasteiger charge is 2.34. The Balaban J connectivity index is 1.71. The number of hydrogen-bond acceptors (Lipinski definition) is 4. The molecule has 2 aliphatic heterocycles. The second kappa shape index (κ2) is 4.37. The maximum atomic E-state index is 5.81. The van der Waals surface area contributed by atoms with Gasteiger partial charge in [-0.1, -0.05) is 12.1 Å².